The number of carbonyl (C=O) groups is 1. The second kappa shape index (κ2) is 5.53. The van der Waals surface area contributed by atoms with Gasteiger partial charge in [0.15, 0.2) is 0 Å². The van der Waals surface area contributed by atoms with E-state index in [1.54, 1.807) is 25.1 Å². The summed E-state index contributed by atoms with van der Waals surface area (Å²) in [6.45, 7) is 1.79. The van der Waals surface area contributed by atoms with Gasteiger partial charge in [-0.2, -0.15) is 0 Å². The van der Waals surface area contributed by atoms with Crippen LogP contribution < -0.4 is 5.73 Å². The van der Waals surface area contributed by atoms with Gasteiger partial charge in [0.1, 0.15) is 0 Å². The summed E-state index contributed by atoms with van der Waals surface area (Å²) in [5.41, 5.74) is 6.57. The van der Waals surface area contributed by atoms with Gasteiger partial charge in [-0.15, -0.1) is 0 Å². The maximum Gasteiger partial charge on any atom is 0.308 e. The smallest absolute Gasteiger partial charge is 0.308 e. The second-order valence-corrected chi connectivity index (χ2v) is 4.37. The first-order valence-corrected chi connectivity index (χ1v) is 5.66. The fraction of sp³-hybridized carbons (Fsp3) is 0.364. The molecule has 3 nitrogen and oxygen atoms in total. The third-order valence-corrected chi connectivity index (χ3v) is 3.26. The lowest BCUT2D eigenvalue weighted by Crippen LogP contribution is -2.27. The van der Waals surface area contributed by atoms with Crippen LogP contribution in [-0.4, -0.2) is 11.1 Å². The molecule has 0 radical (unpaired) electrons. The van der Waals surface area contributed by atoms with Crippen LogP contribution in [0.15, 0.2) is 18.2 Å². The molecule has 0 saturated heterocycles. The molecule has 2 atom stereocenters. The zero-order chi connectivity index (χ0) is 12.3. The van der Waals surface area contributed by atoms with Gasteiger partial charge in [0.25, 0.3) is 0 Å². The number of nitrogens with two attached hydrogens (primary N) is 1. The summed E-state index contributed by atoms with van der Waals surface area (Å²) in [7, 11) is 0. The van der Waals surface area contributed by atoms with Gasteiger partial charge in [-0.05, 0) is 24.1 Å². The van der Waals surface area contributed by atoms with Gasteiger partial charge in [-0.1, -0.05) is 36.2 Å². The molecule has 1 aromatic carbocycles. The normalized spacial score (nSPS) is 14.5. The maximum atomic E-state index is 11.0. The van der Waals surface area contributed by atoms with Crippen molar-refractivity contribution in [1.29, 1.82) is 0 Å². The summed E-state index contributed by atoms with van der Waals surface area (Å²) in [4.78, 5) is 11.0. The van der Waals surface area contributed by atoms with Crippen molar-refractivity contribution in [2.24, 2.45) is 11.7 Å². The molecule has 1 aromatic rings. The number of rotatable bonds is 4. The highest BCUT2D eigenvalue weighted by atomic mass is 35.5. The van der Waals surface area contributed by atoms with Crippen LogP contribution in [0.2, 0.25) is 10.0 Å². The van der Waals surface area contributed by atoms with Crippen molar-refractivity contribution in [2.45, 2.75) is 19.4 Å². The van der Waals surface area contributed by atoms with Crippen LogP contribution in [0.25, 0.3) is 0 Å². The highest BCUT2D eigenvalue weighted by molar-refractivity contribution is 6.42. The van der Waals surface area contributed by atoms with E-state index in [9.17, 15) is 4.79 Å². The molecule has 0 aliphatic carbocycles. The predicted molar refractivity (Wildman–Crippen MR) is 64.8 cm³/mol. The zero-order valence-electron chi connectivity index (χ0n) is 8.78. The molecule has 0 aliphatic rings. The Hall–Kier alpha value is -0.770. The highest BCUT2D eigenvalue weighted by Gasteiger charge is 2.24. The number of halogens is 2. The minimum Gasteiger partial charge on any atom is -0.481 e. The zero-order valence-corrected chi connectivity index (χ0v) is 10.3. The Balaban J connectivity index is 2.99. The van der Waals surface area contributed by atoms with Gasteiger partial charge in [0.2, 0.25) is 0 Å². The summed E-state index contributed by atoms with van der Waals surface area (Å²) >= 11 is 11.6. The third kappa shape index (κ3) is 2.88. The van der Waals surface area contributed by atoms with Crippen molar-refractivity contribution in [2.75, 3.05) is 0 Å². The monoisotopic (exact) mass is 261 g/mol. The predicted octanol–water partition coefficient (Wildman–Crippen LogP) is 3.10. The van der Waals surface area contributed by atoms with Gasteiger partial charge < -0.3 is 10.8 Å². The van der Waals surface area contributed by atoms with Crippen LogP contribution in [0.4, 0.5) is 0 Å². The number of carboxylic acid groups (broad SMARTS) is 1. The molecule has 0 bridgehead atoms. The van der Waals surface area contributed by atoms with Crippen molar-refractivity contribution in [1.82, 2.24) is 0 Å². The Bertz CT molecular complexity index is 396. The summed E-state index contributed by atoms with van der Waals surface area (Å²) in [6, 6.07) is 4.36. The molecule has 1 rings (SSSR count). The summed E-state index contributed by atoms with van der Waals surface area (Å²) in [6.07, 6.45) is 0.469. The summed E-state index contributed by atoms with van der Waals surface area (Å²) in [5.74, 6) is -1.52. The maximum absolute atomic E-state index is 11.0. The molecule has 0 spiro atoms. The van der Waals surface area contributed by atoms with Gasteiger partial charge >= 0.3 is 5.97 Å². The summed E-state index contributed by atoms with van der Waals surface area (Å²) in [5, 5.41) is 9.81. The molecular formula is C11H13Cl2NO2. The van der Waals surface area contributed by atoms with E-state index in [4.69, 9.17) is 34.0 Å². The van der Waals surface area contributed by atoms with Crippen molar-refractivity contribution in [3.63, 3.8) is 0 Å². The molecule has 2 unspecified atom stereocenters. The number of hydrogen-bond donors (Lipinski definition) is 2. The molecular weight excluding hydrogens is 249 g/mol. The SMILES string of the molecule is CCC(C(=O)O)C(N)c1ccc(Cl)c(Cl)c1. The number of benzene rings is 1. The summed E-state index contributed by atoms with van der Waals surface area (Å²) < 4.78 is 0. The Morgan fingerprint density at radius 1 is 1.44 bits per heavy atom. The van der Waals surface area contributed by atoms with Crippen LogP contribution in [0.1, 0.15) is 24.9 Å². The van der Waals surface area contributed by atoms with Gasteiger partial charge in [-0.25, -0.2) is 0 Å². The van der Waals surface area contributed by atoms with Crippen molar-refractivity contribution in [3.8, 4) is 0 Å². The first-order valence-electron chi connectivity index (χ1n) is 4.90. The van der Waals surface area contributed by atoms with E-state index in [-0.39, 0.29) is 0 Å². The number of aliphatic carboxylic acids is 1. The van der Waals surface area contributed by atoms with Gasteiger partial charge in [-0.3, -0.25) is 4.79 Å². The molecule has 0 fully saturated rings. The average molecular weight is 262 g/mol. The van der Waals surface area contributed by atoms with Crippen LogP contribution >= 0.6 is 23.2 Å². The van der Waals surface area contributed by atoms with E-state index in [1.807, 2.05) is 0 Å². The second-order valence-electron chi connectivity index (χ2n) is 3.55. The molecule has 16 heavy (non-hydrogen) atoms. The number of hydrogen-bond acceptors (Lipinski definition) is 2. The first kappa shape index (κ1) is 13.3. The topological polar surface area (TPSA) is 63.3 Å². The molecule has 5 heteroatoms. The lowest BCUT2D eigenvalue weighted by molar-refractivity contribution is -0.142. The molecule has 88 valence electrons. The van der Waals surface area contributed by atoms with Gasteiger partial charge in [0, 0.05) is 6.04 Å². The lowest BCUT2D eigenvalue weighted by atomic mass is 9.92. The van der Waals surface area contributed by atoms with E-state index in [0.717, 1.165) is 0 Å². The van der Waals surface area contributed by atoms with E-state index < -0.39 is 17.9 Å². The Kier molecular flexibility index (Phi) is 4.59. The molecule has 0 aliphatic heterocycles. The molecule has 0 aromatic heterocycles. The van der Waals surface area contributed by atoms with Crippen molar-refractivity contribution >= 4 is 29.2 Å². The van der Waals surface area contributed by atoms with E-state index in [2.05, 4.69) is 0 Å². The number of carboxylic acids is 1. The highest BCUT2D eigenvalue weighted by Crippen LogP contribution is 2.28. The Morgan fingerprint density at radius 3 is 2.50 bits per heavy atom. The standard InChI is InChI=1S/C11H13Cl2NO2/c1-2-7(11(15)16)10(14)6-3-4-8(12)9(13)5-6/h3-5,7,10H,2,14H2,1H3,(H,15,16). The van der Waals surface area contributed by atoms with E-state index >= 15 is 0 Å². The lowest BCUT2D eigenvalue weighted by Gasteiger charge is -2.19. The quantitative estimate of drug-likeness (QED) is 0.876. The minimum absolute atomic E-state index is 0.384. The average Bonchev–Trinajstić information content (AvgIpc) is 2.22. The van der Waals surface area contributed by atoms with Crippen LogP contribution in [-0.2, 0) is 4.79 Å². The molecule has 3 N–H and O–H groups in total. The van der Waals surface area contributed by atoms with Crippen molar-refractivity contribution < 1.29 is 9.90 Å². The molecule has 0 saturated carbocycles. The Morgan fingerprint density at radius 2 is 2.06 bits per heavy atom. The van der Waals surface area contributed by atoms with E-state index in [0.29, 0.717) is 22.0 Å². The molecule has 0 heterocycles. The fourth-order valence-corrected chi connectivity index (χ4v) is 1.84. The third-order valence-electron chi connectivity index (χ3n) is 2.52. The van der Waals surface area contributed by atoms with Crippen LogP contribution in [0.5, 0.6) is 0 Å². The first-order chi connectivity index (χ1) is 7.47. The Labute approximate surface area is 104 Å². The fourth-order valence-electron chi connectivity index (χ4n) is 1.53. The van der Waals surface area contributed by atoms with Crippen molar-refractivity contribution in [3.05, 3.63) is 33.8 Å². The van der Waals surface area contributed by atoms with E-state index in [1.165, 1.54) is 0 Å². The van der Waals surface area contributed by atoms with Crippen LogP contribution in [0, 0.1) is 5.92 Å². The van der Waals surface area contributed by atoms with Gasteiger partial charge in [0.05, 0.1) is 16.0 Å². The van der Waals surface area contributed by atoms with Crippen LogP contribution in [0.3, 0.4) is 0 Å². The molecule has 0 amide bonds. The largest absolute Gasteiger partial charge is 0.481 e. The minimum atomic E-state index is -0.902.